The van der Waals surface area contributed by atoms with Gasteiger partial charge in [-0.25, -0.2) is 0 Å². The summed E-state index contributed by atoms with van der Waals surface area (Å²) in [4.78, 5) is 0. The molecule has 11 aliphatic heterocycles. The molecule has 11 saturated heterocycles. The average molecular weight is 870 g/mol. The Labute approximate surface area is 376 Å². The van der Waals surface area contributed by atoms with Crippen molar-refractivity contribution in [3.8, 4) is 0 Å². The fourth-order valence-corrected chi connectivity index (χ4v) is 12.1. The second-order valence-corrected chi connectivity index (χ2v) is 21.1. The Morgan fingerprint density at radius 1 is 0.387 bits per heavy atom. The molecule has 2 saturated carbocycles. The maximum Gasteiger partial charge on any atom is 0.0865 e. The fraction of sp³-hybridized carbons (Fsp3) is 0.958. The molecule has 14 rings (SSSR count). The molecule has 14 nitrogen and oxygen atoms in total. The first-order valence-electron chi connectivity index (χ1n) is 26.0. The molecule has 3 aliphatic carbocycles. The Bertz CT molecular complexity index is 1160. The van der Waals surface area contributed by atoms with Crippen LogP contribution in [-0.2, 0) is 14.2 Å². The number of nitrogens with one attached hydrogen (secondary N) is 11. The molecule has 14 heteroatoms. The van der Waals surface area contributed by atoms with Crippen molar-refractivity contribution in [1.29, 1.82) is 0 Å². The number of piperidine rings is 4. The number of morpholine rings is 3. The van der Waals surface area contributed by atoms with E-state index in [1.54, 1.807) is 0 Å². The predicted octanol–water partition coefficient (Wildman–Crippen LogP) is 0.804. The van der Waals surface area contributed by atoms with Gasteiger partial charge >= 0.3 is 0 Å². The van der Waals surface area contributed by atoms with Gasteiger partial charge in [-0.2, -0.15) is 0 Å². The fourth-order valence-electron chi connectivity index (χ4n) is 12.1. The maximum absolute atomic E-state index is 5.58. The van der Waals surface area contributed by atoms with E-state index < -0.39 is 0 Å². The third kappa shape index (κ3) is 13.9. The average Bonchev–Trinajstić information content (AvgIpc) is 4.07. The van der Waals surface area contributed by atoms with Crippen molar-refractivity contribution in [2.75, 3.05) is 138 Å². The standard InChI is InChI=1S/C8H15N.C8H13N.2C7H14N2O.C7H13N.C6H12N2O.C5H10N2/c2*1-2-8(3-1)4-6-9-7-5-8;1-2-8-5-6-7(1)10-4-3-9-6;1-2-8-5-7-6(1)9-3-4-10-7;1-2-6-4-5-8-7(6)3-1;1-2-9-6-4-7-3-5(6)8-1;1-5(2-6-1)3-7-4-5/h9H,1-7H2;1-2,9H,3-7H2;2*6-9H,1-5H2;6-8H,1-5H2;5-8H,1-4H2;6-7H,1-4H2. The van der Waals surface area contributed by atoms with E-state index in [9.17, 15) is 0 Å². The minimum atomic E-state index is 0.433. The van der Waals surface area contributed by atoms with Gasteiger partial charge in [0.05, 0.1) is 38.1 Å². The summed E-state index contributed by atoms with van der Waals surface area (Å²) in [5.41, 5.74) is 2.22. The van der Waals surface area contributed by atoms with E-state index in [-0.39, 0.29) is 0 Å². The van der Waals surface area contributed by atoms with E-state index in [4.69, 9.17) is 14.2 Å². The second kappa shape index (κ2) is 24.8. The summed E-state index contributed by atoms with van der Waals surface area (Å²) in [6, 6.07) is 2.70. The minimum Gasteiger partial charge on any atom is -0.375 e. The highest BCUT2D eigenvalue weighted by molar-refractivity contribution is 5.14. The molecular formula is C48H91N11O3. The van der Waals surface area contributed by atoms with Crippen molar-refractivity contribution in [3.63, 3.8) is 0 Å². The van der Waals surface area contributed by atoms with Crippen LogP contribution in [-0.4, -0.2) is 180 Å². The predicted molar refractivity (Wildman–Crippen MR) is 251 cm³/mol. The summed E-state index contributed by atoms with van der Waals surface area (Å²) < 4.78 is 16.6. The lowest BCUT2D eigenvalue weighted by atomic mass is 9.63. The lowest BCUT2D eigenvalue weighted by Gasteiger charge is -2.50. The molecule has 0 amide bonds. The smallest absolute Gasteiger partial charge is 0.0865 e. The van der Waals surface area contributed by atoms with Gasteiger partial charge in [0.2, 0.25) is 0 Å². The molecule has 13 fully saturated rings. The van der Waals surface area contributed by atoms with Crippen LogP contribution < -0.4 is 58.5 Å². The first-order valence-corrected chi connectivity index (χ1v) is 26.0. The summed E-state index contributed by atoms with van der Waals surface area (Å²) in [5.74, 6) is 1.06. The molecule has 3 spiro atoms. The SMILES string of the molecule is C1=CC2(C1)CCNCC2.C1CC2(C1)CCNCC2.C1CC2CCNC2C1.C1CC2NCCOC2CN1.C1CC2OCCNC2CN1.C1COC2CNCC2N1.C1NCC12CNC2. The number of hydrogen-bond donors (Lipinski definition) is 11. The Balaban J connectivity index is 0.0000000998. The van der Waals surface area contributed by atoms with Crippen LogP contribution in [0.5, 0.6) is 0 Å². The van der Waals surface area contributed by atoms with E-state index in [1.165, 1.54) is 142 Å². The Kier molecular flexibility index (Phi) is 19.1. The molecule has 62 heavy (non-hydrogen) atoms. The van der Waals surface area contributed by atoms with Crippen LogP contribution in [0, 0.1) is 22.2 Å². The summed E-state index contributed by atoms with van der Waals surface area (Å²) in [7, 11) is 0. The van der Waals surface area contributed by atoms with Gasteiger partial charge in [-0.15, -0.1) is 0 Å². The van der Waals surface area contributed by atoms with Gasteiger partial charge in [0.1, 0.15) is 0 Å². The van der Waals surface area contributed by atoms with Crippen molar-refractivity contribution in [2.45, 2.75) is 132 Å². The zero-order chi connectivity index (χ0) is 42.2. The highest BCUT2D eigenvalue weighted by Crippen LogP contribution is 2.47. The van der Waals surface area contributed by atoms with Crippen LogP contribution in [0.4, 0.5) is 0 Å². The van der Waals surface area contributed by atoms with Gasteiger partial charge < -0.3 is 72.7 Å². The van der Waals surface area contributed by atoms with Crippen LogP contribution in [0.1, 0.15) is 89.9 Å². The summed E-state index contributed by atoms with van der Waals surface area (Å²) in [6.07, 6.45) is 25.8. The highest BCUT2D eigenvalue weighted by Gasteiger charge is 2.42. The monoisotopic (exact) mass is 870 g/mol. The Morgan fingerprint density at radius 2 is 0.952 bits per heavy atom. The van der Waals surface area contributed by atoms with E-state index in [1.807, 2.05) is 0 Å². The molecule has 14 aliphatic rings. The van der Waals surface area contributed by atoms with E-state index in [2.05, 4.69) is 70.6 Å². The largest absolute Gasteiger partial charge is 0.375 e. The van der Waals surface area contributed by atoms with Crippen LogP contribution in [0.3, 0.4) is 0 Å². The summed E-state index contributed by atoms with van der Waals surface area (Å²) in [6.45, 7) is 23.5. The third-order valence-corrected chi connectivity index (χ3v) is 16.8. The summed E-state index contributed by atoms with van der Waals surface area (Å²) in [5, 5.41) is 37.0. The Morgan fingerprint density at radius 3 is 1.47 bits per heavy atom. The normalized spacial score (nSPS) is 38.1. The van der Waals surface area contributed by atoms with Gasteiger partial charge in [0.15, 0.2) is 0 Å². The van der Waals surface area contributed by atoms with Crippen LogP contribution in [0.2, 0.25) is 0 Å². The number of hydrogen-bond acceptors (Lipinski definition) is 14. The number of allylic oxidation sites excluding steroid dienone is 2. The molecule has 356 valence electrons. The quantitative estimate of drug-likeness (QED) is 0.156. The van der Waals surface area contributed by atoms with Crippen molar-refractivity contribution in [3.05, 3.63) is 12.2 Å². The highest BCUT2D eigenvalue weighted by atomic mass is 16.5. The lowest BCUT2D eigenvalue weighted by Crippen LogP contribution is -2.69. The zero-order valence-corrected chi connectivity index (χ0v) is 38.7. The molecule has 8 unspecified atom stereocenters. The molecule has 0 aromatic carbocycles. The van der Waals surface area contributed by atoms with Crippen LogP contribution in [0.25, 0.3) is 0 Å². The first kappa shape index (κ1) is 47.7. The number of rotatable bonds is 0. The molecule has 11 heterocycles. The van der Waals surface area contributed by atoms with E-state index in [0.717, 1.165) is 108 Å². The molecule has 0 radical (unpaired) electrons. The van der Waals surface area contributed by atoms with Gasteiger partial charge in [0.25, 0.3) is 0 Å². The number of ether oxygens (including phenoxy) is 3. The Hall–Kier alpha value is -0.820. The second-order valence-electron chi connectivity index (χ2n) is 21.1. The molecule has 0 aromatic heterocycles. The topological polar surface area (TPSA) is 160 Å². The summed E-state index contributed by atoms with van der Waals surface area (Å²) >= 11 is 0. The molecular weight excluding hydrogens is 779 g/mol. The molecule has 0 bridgehead atoms. The van der Waals surface area contributed by atoms with E-state index >= 15 is 0 Å². The zero-order valence-electron chi connectivity index (χ0n) is 38.7. The van der Waals surface area contributed by atoms with Gasteiger partial charge in [-0.05, 0) is 140 Å². The maximum atomic E-state index is 5.58. The van der Waals surface area contributed by atoms with Gasteiger partial charge in [-0.3, -0.25) is 0 Å². The van der Waals surface area contributed by atoms with Crippen LogP contribution >= 0.6 is 0 Å². The third-order valence-electron chi connectivity index (χ3n) is 16.8. The van der Waals surface area contributed by atoms with Crippen molar-refractivity contribution < 1.29 is 14.2 Å². The van der Waals surface area contributed by atoms with Crippen molar-refractivity contribution in [1.82, 2.24) is 58.5 Å². The molecule has 11 N–H and O–H groups in total. The first-order chi connectivity index (χ1) is 30.6. The van der Waals surface area contributed by atoms with Crippen LogP contribution in [0.15, 0.2) is 12.2 Å². The minimum absolute atomic E-state index is 0.433. The molecule has 0 aromatic rings. The molecule has 8 atom stereocenters. The lowest BCUT2D eigenvalue weighted by molar-refractivity contribution is -0.0180. The van der Waals surface area contributed by atoms with Crippen molar-refractivity contribution in [2.24, 2.45) is 22.2 Å². The number of fused-ring (bicyclic) bond motifs is 4. The van der Waals surface area contributed by atoms with E-state index in [0.29, 0.717) is 41.9 Å². The van der Waals surface area contributed by atoms with Gasteiger partial charge in [0, 0.05) is 102 Å². The van der Waals surface area contributed by atoms with Crippen molar-refractivity contribution >= 4 is 0 Å². The van der Waals surface area contributed by atoms with Gasteiger partial charge in [-0.1, -0.05) is 25.0 Å².